The van der Waals surface area contributed by atoms with Crippen LogP contribution < -0.4 is 5.32 Å². The number of anilines is 1. The second-order valence-corrected chi connectivity index (χ2v) is 4.68. The van der Waals surface area contributed by atoms with Crippen LogP contribution in [0, 0.1) is 6.92 Å². The molecule has 0 aliphatic rings. The zero-order valence-electron chi connectivity index (χ0n) is 9.82. The topological polar surface area (TPSA) is 51.2 Å². The van der Waals surface area contributed by atoms with Gasteiger partial charge in [-0.05, 0) is 31.5 Å². The van der Waals surface area contributed by atoms with Crippen LogP contribution in [0.3, 0.4) is 0 Å². The number of rotatable bonds is 4. The van der Waals surface area contributed by atoms with E-state index in [0.717, 1.165) is 15.3 Å². The lowest BCUT2D eigenvalue weighted by molar-refractivity contribution is -0.140. The summed E-state index contributed by atoms with van der Waals surface area (Å²) >= 11 is 1.54. The van der Waals surface area contributed by atoms with Gasteiger partial charge in [-0.1, -0.05) is 17.4 Å². The highest BCUT2D eigenvalue weighted by Crippen LogP contribution is 2.26. The van der Waals surface area contributed by atoms with E-state index in [2.05, 4.69) is 16.4 Å². The summed E-state index contributed by atoms with van der Waals surface area (Å²) in [6, 6.07) is 6.12. The predicted molar refractivity (Wildman–Crippen MR) is 69.5 cm³/mol. The van der Waals surface area contributed by atoms with Gasteiger partial charge in [0, 0.05) is 0 Å². The molecule has 1 aromatic heterocycles. The molecule has 4 nitrogen and oxygen atoms in total. The van der Waals surface area contributed by atoms with Gasteiger partial charge in [-0.15, -0.1) is 0 Å². The van der Waals surface area contributed by atoms with Crippen LogP contribution in [0.25, 0.3) is 10.2 Å². The molecule has 0 aliphatic carbocycles. The highest BCUT2D eigenvalue weighted by molar-refractivity contribution is 7.22. The zero-order chi connectivity index (χ0) is 12.3. The quantitative estimate of drug-likeness (QED) is 0.847. The Morgan fingerprint density at radius 1 is 1.53 bits per heavy atom. The molecule has 0 aliphatic heterocycles. The average molecular weight is 250 g/mol. The van der Waals surface area contributed by atoms with Gasteiger partial charge in [0.2, 0.25) is 0 Å². The largest absolute Gasteiger partial charge is 0.465 e. The van der Waals surface area contributed by atoms with Crippen LogP contribution in [-0.4, -0.2) is 24.1 Å². The summed E-state index contributed by atoms with van der Waals surface area (Å²) in [5.74, 6) is -0.261. The molecule has 0 fully saturated rings. The van der Waals surface area contributed by atoms with Crippen molar-refractivity contribution in [2.75, 3.05) is 18.5 Å². The Kier molecular flexibility index (Phi) is 3.58. The van der Waals surface area contributed by atoms with Gasteiger partial charge in [-0.3, -0.25) is 4.79 Å². The molecule has 17 heavy (non-hydrogen) atoms. The number of hydrogen-bond acceptors (Lipinski definition) is 5. The van der Waals surface area contributed by atoms with Crippen molar-refractivity contribution in [2.24, 2.45) is 0 Å². The lowest BCUT2D eigenvalue weighted by Gasteiger charge is -2.01. The minimum atomic E-state index is -0.261. The van der Waals surface area contributed by atoms with E-state index in [9.17, 15) is 4.79 Å². The van der Waals surface area contributed by atoms with Crippen LogP contribution >= 0.6 is 11.3 Å². The second-order valence-electron chi connectivity index (χ2n) is 3.65. The third-order valence-electron chi connectivity index (χ3n) is 2.23. The van der Waals surface area contributed by atoms with Gasteiger partial charge in [-0.2, -0.15) is 0 Å². The summed E-state index contributed by atoms with van der Waals surface area (Å²) in [6.07, 6.45) is 0. The number of carbonyl (C=O) groups is 1. The van der Waals surface area contributed by atoms with Crippen LogP contribution in [0.4, 0.5) is 5.13 Å². The molecule has 0 spiro atoms. The van der Waals surface area contributed by atoms with Crippen molar-refractivity contribution in [1.29, 1.82) is 0 Å². The summed E-state index contributed by atoms with van der Waals surface area (Å²) in [7, 11) is 0. The van der Waals surface area contributed by atoms with Crippen molar-refractivity contribution in [3.8, 4) is 0 Å². The average Bonchev–Trinajstić information content (AvgIpc) is 2.68. The SMILES string of the molecule is CCOC(=O)CNc1nc2cc(C)ccc2s1. The van der Waals surface area contributed by atoms with E-state index in [1.807, 2.05) is 19.1 Å². The number of carbonyl (C=O) groups excluding carboxylic acids is 1. The monoisotopic (exact) mass is 250 g/mol. The summed E-state index contributed by atoms with van der Waals surface area (Å²) in [6.45, 7) is 4.38. The van der Waals surface area contributed by atoms with Crippen molar-refractivity contribution in [3.63, 3.8) is 0 Å². The molecule has 0 radical (unpaired) electrons. The maximum Gasteiger partial charge on any atom is 0.325 e. The molecule has 1 aromatic carbocycles. The number of benzene rings is 1. The Balaban J connectivity index is 2.07. The van der Waals surface area contributed by atoms with Crippen molar-refractivity contribution >= 4 is 32.7 Å². The molecule has 0 saturated carbocycles. The van der Waals surface area contributed by atoms with E-state index < -0.39 is 0 Å². The zero-order valence-corrected chi connectivity index (χ0v) is 10.6. The summed E-state index contributed by atoms with van der Waals surface area (Å²) < 4.78 is 5.95. The number of aromatic nitrogens is 1. The molecule has 90 valence electrons. The number of nitrogens with zero attached hydrogens (tertiary/aromatic N) is 1. The van der Waals surface area contributed by atoms with Gasteiger partial charge in [0.25, 0.3) is 0 Å². The van der Waals surface area contributed by atoms with E-state index in [1.165, 1.54) is 16.9 Å². The van der Waals surface area contributed by atoms with Crippen molar-refractivity contribution in [3.05, 3.63) is 23.8 Å². The Morgan fingerprint density at radius 2 is 2.35 bits per heavy atom. The highest BCUT2D eigenvalue weighted by Gasteiger charge is 2.06. The highest BCUT2D eigenvalue weighted by atomic mass is 32.1. The van der Waals surface area contributed by atoms with Gasteiger partial charge in [0.05, 0.1) is 16.8 Å². The fourth-order valence-electron chi connectivity index (χ4n) is 1.47. The van der Waals surface area contributed by atoms with Crippen LogP contribution in [-0.2, 0) is 9.53 Å². The van der Waals surface area contributed by atoms with Crippen molar-refractivity contribution in [1.82, 2.24) is 4.98 Å². The predicted octanol–water partition coefficient (Wildman–Crippen LogP) is 2.58. The fraction of sp³-hybridized carbons (Fsp3) is 0.333. The van der Waals surface area contributed by atoms with E-state index in [1.54, 1.807) is 6.92 Å². The maximum absolute atomic E-state index is 11.2. The third-order valence-corrected chi connectivity index (χ3v) is 3.23. The first-order valence-corrected chi connectivity index (χ1v) is 6.27. The molecule has 2 aromatic rings. The summed E-state index contributed by atoms with van der Waals surface area (Å²) in [5.41, 5.74) is 2.14. The van der Waals surface area contributed by atoms with E-state index in [0.29, 0.717) is 6.61 Å². The van der Waals surface area contributed by atoms with Crippen molar-refractivity contribution in [2.45, 2.75) is 13.8 Å². The van der Waals surface area contributed by atoms with Crippen LogP contribution in [0.15, 0.2) is 18.2 Å². The fourth-order valence-corrected chi connectivity index (χ4v) is 2.31. The molecule has 0 bridgehead atoms. The third kappa shape index (κ3) is 2.94. The van der Waals surface area contributed by atoms with Crippen LogP contribution in [0.5, 0.6) is 0 Å². The van der Waals surface area contributed by atoms with E-state index >= 15 is 0 Å². The van der Waals surface area contributed by atoms with Gasteiger partial charge in [-0.25, -0.2) is 4.98 Å². The van der Waals surface area contributed by atoms with E-state index in [4.69, 9.17) is 4.74 Å². The number of aryl methyl sites for hydroxylation is 1. The first-order chi connectivity index (χ1) is 8.19. The molecule has 1 N–H and O–H groups in total. The van der Waals surface area contributed by atoms with Gasteiger partial charge in [0.15, 0.2) is 5.13 Å². The lowest BCUT2D eigenvalue weighted by Crippen LogP contribution is -2.16. The number of thiazole rings is 1. The van der Waals surface area contributed by atoms with Gasteiger partial charge >= 0.3 is 5.97 Å². The second kappa shape index (κ2) is 5.14. The minimum Gasteiger partial charge on any atom is -0.465 e. The first kappa shape index (κ1) is 11.9. The molecular weight excluding hydrogens is 236 g/mol. The number of fused-ring (bicyclic) bond motifs is 1. The maximum atomic E-state index is 11.2. The van der Waals surface area contributed by atoms with Crippen molar-refractivity contribution < 1.29 is 9.53 Å². The smallest absolute Gasteiger partial charge is 0.325 e. The Labute approximate surface area is 104 Å². The van der Waals surface area contributed by atoms with Crippen LogP contribution in [0.1, 0.15) is 12.5 Å². The molecular formula is C12H14N2O2S. The van der Waals surface area contributed by atoms with Gasteiger partial charge in [0.1, 0.15) is 6.54 Å². The normalized spacial score (nSPS) is 10.5. The van der Waals surface area contributed by atoms with E-state index in [-0.39, 0.29) is 12.5 Å². The molecule has 2 rings (SSSR count). The minimum absolute atomic E-state index is 0.159. The Morgan fingerprint density at radius 3 is 3.12 bits per heavy atom. The molecule has 1 heterocycles. The summed E-state index contributed by atoms with van der Waals surface area (Å²) in [4.78, 5) is 15.6. The molecule has 0 atom stereocenters. The lowest BCUT2D eigenvalue weighted by atomic mass is 10.2. The van der Waals surface area contributed by atoms with Crippen LogP contribution in [0.2, 0.25) is 0 Å². The molecule has 5 heteroatoms. The molecule has 0 amide bonds. The standard InChI is InChI=1S/C12H14N2O2S/c1-3-16-11(15)7-13-12-14-9-6-8(2)4-5-10(9)17-12/h4-6H,3,7H2,1-2H3,(H,13,14). The first-order valence-electron chi connectivity index (χ1n) is 5.45. The number of esters is 1. The number of nitrogens with one attached hydrogen (secondary N) is 1. The van der Waals surface area contributed by atoms with Gasteiger partial charge < -0.3 is 10.1 Å². The molecule has 0 unspecified atom stereocenters. The Bertz CT molecular complexity index is 536. The number of hydrogen-bond donors (Lipinski definition) is 1. The number of ether oxygens (including phenoxy) is 1. The summed E-state index contributed by atoms with van der Waals surface area (Å²) in [5, 5.41) is 3.72. The molecule has 0 saturated heterocycles. The Hall–Kier alpha value is -1.62.